The van der Waals surface area contributed by atoms with Crippen LogP contribution < -0.4 is 0 Å². The highest BCUT2D eigenvalue weighted by atomic mass is 16.3. The Morgan fingerprint density at radius 1 is 0.929 bits per heavy atom. The van der Waals surface area contributed by atoms with Crippen LogP contribution >= 0.6 is 0 Å². The van der Waals surface area contributed by atoms with Gasteiger partial charge in [0.25, 0.3) is 0 Å². The Labute approximate surface area is 88.3 Å². The van der Waals surface area contributed by atoms with Crippen LogP contribution in [0.2, 0.25) is 0 Å². The van der Waals surface area contributed by atoms with E-state index in [9.17, 15) is 5.11 Å². The third kappa shape index (κ3) is 6.39. The number of rotatable bonds is 8. The molecule has 0 amide bonds. The second-order valence-electron chi connectivity index (χ2n) is 4.71. The van der Waals surface area contributed by atoms with Crippen LogP contribution in [-0.4, -0.2) is 23.4 Å². The summed E-state index contributed by atoms with van der Waals surface area (Å²) < 4.78 is 0. The molecule has 0 saturated carbocycles. The fourth-order valence-corrected chi connectivity index (χ4v) is 1.69. The molecule has 0 aromatic rings. The van der Waals surface area contributed by atoms with E-state index in [1.807, 2.05) is 0 Å². The molecule has 0 bridgehead atoms. The van der Waals surface area contributed by atoms with Crippen LogP contribution in [-0.2, 0) is 0 Å². The van der Waals surface area contributed by atoms with Gasteiger partial charge in [-0.3, -0.25) is 0 Å². The largest absolute Gasteiger partial charge is 0.396 e. The zero-order valence-electron chi connectivity index (χ0n) is 9.87. The molecular weight excluding hydrogens is 176 g/mol. The van der Waals surface area contributed by atoms with Gasteiger partial charge in [0.05, 0.1) is 0 Å². The van der Waals surface area contributed by atoms with Crippen molar-refractivity contribution in [1.82, 2.24) is 0 Å². The molecule has 0 fully saturated rings. The van der Waals surface area contributed by atoms with Crippen LogP contribution in [0.4, 0.5) is 0 Å². The zero-order valence-corrected chi connectivity index (χ0v) is 9.87. The van der Waals surface area contributed by atoms with Gasteiger partial charge >= 0.3 is 0 Å². The average molecular weight is 202 g/mol. The molecule has 86 valence electrons. The highest BCUT2D eigenvalue weighted by molar-refractivity contribution is 4.65. The Morgan fingerprint density at radius 3 is 1.86 bits per heavy atom. The predicted molar refractivity (Wildman–Crippen MR) is 60.1 cm³/mol. The molecule has 0 saturated heterocycles. The Bertz CT molecular complexity index is 119. The summed E-state index contributed by atoms with van der Waals surface area (Å²) in [7, 11) is 0. The summed E-state index contributed by atoms with van der Waals surface area (Å²) in [5, 5.41) is 18.3. The summed E-state index contributed by atoms with van der Waals surface area (Å²) in [6.07, 6.45) is 4.24. The lowest BCUT2D eigenvalue weighted by Gasteiger charge is -2.20. The number of aliphatic hydroxyl groups excluding tert-OH is 2. The van der Waals surface area contributed by atoms with Crippen molar-refractivity contribution < 1.29 is 10.2 Å². The van der Waals surface area contributed by atoms with E-state index in [-0.39, 0.29) is 13.2 Å². The Morgan fingerprint density at radius 2 is 1.50 bits per heavy atom. The minimum atomic E-state index is 0.259. The molecule has 0 aromatic carbocycles. The summed E-state index contributed by atoms with van der Waals surface area (Å²) >= 11 is 0. The lowest BCUT2D eigenvalue weighted by atomic mass is 9.89. The van der Waals surface area contributed by atoms with E-state index in [4.69, 9.17) is 5.11 Å². The van der Waals surface area contributed by atoms with E-state index in [1.54, 1.807) is 0 Å². The van der Waals surface area contributed by atoms with Gasteiger partial charge < -0.3 is 10.2 Å². The fraction of sp³-hybridized carbons (Fsp3) is 1.00. The van der Waals surface area contributed by atoms with Crippen molar-refractivity contribution in [2.45, 2.75) is 46.5 Å². The molecule has 0 aromatic heterocycles. The first-order valence-corrected chi connectivity index (χ1v) is 5.85. The van der Waals surface area contributed by atoms with Crippen molar-refractivity contribution in [3.05, 3.63) is 0 Å². The molecule has 0 spiro atoms. The maximum atomic E-state index is 9.20. The zero-order chi connectivity index (χ0) is 11.0. The number of aliphatic hydroxyl groups is 2. The Balaban J connectivity index is 3.76. The standard InChI is InChI=1S/C12H26O2/c1-4-11(8-13)7-12(9-14)6-5-10(2)3/h10-14H,4-9H2,1-3H3. The SMILES string of the molecule is CCC(CO)CC(CO)CCC(C)C. The van der Waals surface area contributed by atoms with E-state index in [0.717, 1.165) is 19.3 Å². The first-order valence-electron chi connectivity index (χ1n) is 5.85. The van der Waals surface area contributed by atoms with Crippen LogP contribution in [0.15, 0.2) is 0 Å². The average Bonchev–Trinajstić information content (AvgIpc) is 2.18. The molecule has 0 aliphatic carbocycles. The summed E-state index contributed by atoms with van der Waals surface area (Å²) in [6, 6.07) is 0. The van der Waals surface area contributed by atoms with Crippen LogP contribution in [0, 0.1) is 17.8 Å². The van der Waals surface area contributed by atoms with Gasteiger partial charge in [-0.1, -0.05) is 33.6 Å². The molecule has 14 heavy (non-hydrogen) atoms. The highest BCUT2D eigenvalue weighted by Crippen LogP contribution is 2.21. The molecule has 2 nitrogen and oxygen atoms in total. The number of hydrogen-bond donors (Lipinski definition) is 2. The van der Waals surface area contributed by atoms with Gasteiger partial charge in [-0.15, -0.1) is 0 Å². The first kappa shape index (κ1) is 13.9. The molecule has 2 atom stereocenters. The molecule has 0 aliphatic rings. The second kappa shape index (κ2) is 8.25. The lowest BCUT2D eigenvalue weighted by Crippen LogP contribution is -2.15. The van der Waals surface area contributed by atoms with Gasteiger partial charge in [-0.25, -0.2) is 0 Å². The van der Waals surface area contributed by atoms with Crippen molar-refractivity contribution in [2.75, 3.05) is 13.2 Å². The Kier molecular flexibility index (Phi) is 8.20. The smallest absolute Gasteiger partial charge is 0.0459 e. The second-order valence-corrected chi connectivity index (χ2v) is 4.71. The van der Waals surface area contributed by atoms with Gasteiger partial charge in [0.2, 0.25) is 0 Å². The fourth-order valence-electron chi connectivity index (χ4n) is 1.69. The van der Waals surface area contributed by atoms with Crippen LogP contribution in [0.3, 0.4) is 0 Å². The quantitative estimate of drug-likeness (QED) is 0.634. The summed E-state index contributed by atoms with van der Waals surface area (Å²) in [4.78, 5) is 0. The maximum absolute atomic E-state index is 9.20. The topological polar surface area (TPSA) is 40.5 Å². The Hall–Kier alpha value is -0.0800. The van der Waals surface area contributed by atoms with Gasteiger partial charge in [-0.05, 0) is 30.6 Å². The lowest BCUT2D eigenvalue weighted by molar-refractivity contribution is 0.149. The summed E-state index contributed by atoms with van der Waals surface area (Å²) in [5.41, 5.74) is 0. The molecule has 0 rings (SSSR count). The molecule has 2 N–H and O–H groups in total. The third-order valence-corrected chi connectivity index (χ3v) is 2.91. The molecule has 2 unspecified atom stereocenters. The normalized spacial score (nSPS) is 15.9. The van der Waals surface area contributed by atoms with Crippen molar-refractivity contribution >= 4 is 0 Å². The third-order valence-electron chi connectivity index (χ3n) is 2.91. The van der Waals surface area contributed by atoms with E-state index < -0.39 is 0 Å². The van der Waals surface area contributed by atoms with Crippen LogP contribution in [0.25, 0.3) is 0 Å². The minimum Gasteiger partial charge on any atom is -0.396 e. The molecule has 0 aliphatic heterocycles. The summed E-state index contributed by atoms with van der Waals surface area (Å²) in [6.45, 7) is 7.03. The minimum absolute atomic E-state index is 0.259. The molecule has 2 heteroatoms. The predicted octanol–water partition coefficient (Wildman–Crippen LogP) is 2.44. The van der Waals surface area contributed by atoms with Gasteiger partial charge in [0, 0.05) is 13.2 Å². The van der Waals surface area contributed by atoms with Crippen LogP contribution in [0.1, 0.15) is 46.5 Å². The van der Waals surface area contributed by atoms with E-state index in [0.29, 0.717) is 17.8 Å². The van der Waals surface area contributed by atoms with E-state index >= 15 is 0 Å². The number of hydrogen-bond acceptors (Lipinski definition) is 2. The van der Waals surface area contributed by atoms with Crippen molar-refractivity contribution in [1.29, 1.82) is 0 Å². The van der Waals surface area contributed by atoms with Gasteiger partial charge in [0.1, 0.15) is 0 Å². The van der Waals surface area contributed by atoms with Crippen molar-refractivity contribution in [3.8, 4) is 0 Å². The monoisotopic (exact) mass is 202 g/mol. The van der Waals surface area contributed by atoms with E-state index in [2.05, 4.69) is 20.8 Å². The van der Waals surface area contributed by atoms with Crippen molar-refractivity contribution in [2.24, 2.45) is 17.8 Å². The molecule has 0 radical (unpaired) electrons. The molecular formula is C12H26O2. The first-order chi connectivity index (χ1) is 6.63. The molecule has 0 heterocycles. The van der Waals surface area contributed by atoms with Crippen LogP contribution in [0.5, 0.6) is 0 Å². The van der Waals surface area contributed by atoms with E-state index in [1.165, 1.54) is 6.42 Å². The van der Waals surface area contributed by atoms with Crippen molar-refractivity contribution in [3.63, 3.8) is 0 Å². The van der Waals surface area contributed by atoms with Gasteiger partial charge in [0.15, 0.2) is 0 Å². The highest BCUT2D eigenvalue weighted by Gasteiger charge is 2.14. The summed E-state index contributed by atoms with van der Waals surface area (Å²) in [5.74, 6) is 1.46. The van der Waals surface area contributed by atoms with Gasteiger partial charge in [-0.2, -0.15) is 0 Å². The maximum Gasteiger partial charge on any atom is 0.0459 e.